The highest BCUT2D eigenvalue weighted by Crippen LogP contribution is 2.30. The van der Waals surface area contributed by atoms with Gasteiger partial charge < -0.3 is 9.64 Å². The molecule has 0 atom stereocenters. The average Bonchev–Trinajstić information content (AvgIpc) is 2.87. The molecule has 19 heavy (non-hydrogen) atoms. The standard InChI is InChI=1S/C14H19NO3S/c1-3-15(9-13(16)18-2)14(17)12-8-10-6-4-5-7-11(10)19-12/h8H,3-7,9H2,1-2H3. The van der Waals surface area contributed by atoms with Crippen LogP contribution in [-0.4, -0.2) is 37.0 Å². The van der Waals surface area contributed by atoms with E-state index in [4.69, 9.17) is 0 Å². The number of ether oxygens (including phenoxy) is 1. The van der Waals surface area contributed by atoms with Crippen molar-refractivity contribution in [1.82, 2.24) is 4.90 Å². The molecule has 1 aliphatic rings. The number of hydrogen-bond donors (Lipinski definition) is 0. The molecule has 5 heteroatoms. The fourth-order valence-electron chi connectivity index (χ4n) is 2.30. The molecule has 4 nitrogen and oxygen atoms in total. The van der Waals surface area contributed by atoms with Gasteiger partial charge in [-0.25, -0.2) is 0 Å². The number of fused-ring (bicyclic) bond motifs is 1. The Morgan fingerprint density at radius 2 is 2.11 bits per heavy atom. The summed E-state index contributed by atoms with van der Waals surface area (Å²) in [6.45, 7) is 2.40. The lowest BCUT2D eigenvalue weighted by Crippen LogP contribution is -2.35. The van der Waals surface area contributed by atoms with Crippen LogP contribution in [0, 0.1) is 0 Å². The summed E-state index contributed by atoms with van der Waals surface area (Å²) in [6.07, 6.45) is 4.57. The van der Waals surface area contributed by atoms with Crippen LogP contribution < -0.4 is 0 Å². The molecule has 1 aromatic heterocycles. The zero-order valence-corrected chi connectivity index (χ0v) is 12.2. The molecule has 0 bridgehead atoms. The van der Waals surface area contributed by atoms with Crippen molar-refractivity contribution in [3.05, 3.63) is 21.4 Å². The maximum Gasteiger partial charge on any atom is 0.325 e. The number of rotatable bonds is 4. The monoisotopic (exact) mass is 281 g/mol. The topological polar surface area (TPSA) is 46.6 Å². The molecule has 0 spiro atoms. The number of esters is 1. The van der Waals surface area contributed by atoms with Crippen molar-refractivity contribution < 1.29 is 14.3 Å². The summed E-state index contributed by atoms with van der Waals surface area (Å²) < 4.78 is 4.62. The Morgan fingerprint density at radius 1 is 1.37 bits per heavy atom. The lowest BCUT2D eigenvalue weighted by atomic mass is 9.99. The molecular formula is C14H19NO3S. The molecule has 1 amide bonds. The van der Waals surface area contributed by atoms with Gasteiger partial charge in [-0.3, -0.25) is 9.59 Å². The predicted octanol–water partition coefficient (Wildman–Crippen LogP) is 2.26. The number of hydrogen-bond acceptors (Lipinski definition) is 4. The Balaban J connectivity index is 2.13. The molecular weight excluding hydrogens is 262 g/mol. The highest BCUT2D eigenvalue weighted by molar-refractivity contribution is 7.14. The van der Waals surface area contributed by atoms with Crippen LogP contribution in [-0.2, 0) is 22.4 Å². The van der Waals surface area contributed by atoms with Crippen molar-refractivity contribution in [2.24, 2.45) is 0 Å². The van der Waals surface area contributed by atoms with Crippen molar-refractivity contribution in [1.29, 1.82) is 0 Å². The maximum atomic E-state index is 12.4. The first kappa shape index (κ1) is 14.1. The Labute approximate surface area is 117 Å². The molecule has 2 rings (SSSR count). The lowest BCUT2D eigenvalue weighted by Gasteiger charge is -2.18. The summed E-state index contributed by atoms with van der Waals surface area (Å²) in [6, 6.07) is 2.00. The van der Waals surface area contributed by atoms with Crippen LogP contribution in [0.4, 0.5) is 0 Å². The highest BCUT2D eigenvalue weighted by Gasteiger charge is 2.22. The number of likely N-dealkylation sites (N-methyl/N-ethyl adjacent to an activating group) is 1. The molecule has 1 aliphatic carbocycles. The zero-order valence-electron chi connectivity index (χ0n) is 11.4. The van der Waals surface area contributed by atoms with E-state index in [1.165, 1.54) is 35.3 Å². The van der Waals surface area contributed by atoms with E-state index in [0.29, 0.717) is 6.54 Å². The minimum absolute atomic E-state index is 0.0222. The quantitative estimate of drug-likeness (QED) is 0.795. The molecule has 0 fully saturated rings. The van der Waals surface area contributed by atoms with E-state index < -0.39 is 0 Å². The first-order valence-electron chi connectivity index (χ1n) is 6.63. The van der Waals surface area contributed by atoms with Gasteiger partial charge in [0.15, 0.2) is 0 Å². The number of carbonyl (C=O) groups excluding carboxylic acids is 2. The van der Waals surface area contributed by atoms with Crippen LogP contribution in [0.3, 0.4) is 0 Å². The van der Waals surface area contributed by atoms with E-state index in [1.807, 2.05) is 13.0 Å². The molecule has 0 N–H and O–H groups in total. The number of aryl methyl sites for hydroxylation is 2. The number of amides is 1. The van der Waals surface area contributed by atoms with Gasteiger partial charge in [0, 0.05) is 11.4 Å². The van der Waals surface area contributed by atoms with Crippen LogP contribution in [0.25, 0.3) is 0 Å². The second-order valence-corrected chi connectivity index (χ2v) is 5.80. The molecule has 104 valence electrons. The maximum absolute atomic E-state index is 12.4. The largest absolute Gasteiger partial charge is 0.468 e. The molecule has 0 saturated carbocycles. The second-order valence-electron chi connectivity index (χ2n) is 4.66. The Kier molecular flexibility index (Phi) is 4.58. The summed E-state index contributed by atoms with van der Waals surface area (Å²) in [7, 11) is 1.34. The average molecular weight is 281 g/mol. The van der Waals surface area contributed by atoms with E-state index >= 15 is 0 Å². The Bertz CT molecular complexity index is 458. The van der Waals surface area contributed by atoms with Gasteiger partial charge in [-0.2, -0.15) is 0 Å². The van der Waals surface area contributed by atoms with E-state index in [1.54, 1.807) is 11.3 Å². The zero-order chi connectivity index (χ0) is 13.8. The van der Waals surface area contributed by atoms with Crippen LogP contribution in [0.2, 0.25) is 0 Å². The SMILES string of the molecule is CCN(CC(=O)OC)C(=O)c1cc2c(s1)CCCC2. The third kappa shape index (κ3) is 3.15. The number of methoxy groups -OCH3 is 1. The number of nitrogens with zero attached hydrogens (tertiary/aromatic N) is 1. The van der Waals surface area contributed by atoms with Gasteiger partial charge in [0.05, 0.1) is 12.0 Å². The Hall–Kier alpha value is -1.36. The summed E-state index contributed by atoms with van der Waals surface area (Å²) in [5.74, 6) is -0.441. The molecule has 0 aliphatic heterocycles. The van der Waals surface area contributed by atoms with Crippen LogP contribution in [0.5, 0.6) is 0 Å². The fourth-order valence-corrected chi connectivity index (χ4v) is 3.52. The highest BCUT2D eigenvalue weighted by atomic mass is 32.1. The minimum atomic E-state index is -0.378. The van der Waals surface area contributed by atoms with Crippen LogP contribution in [0.1, 0.15) is 39.9 Å². The third-order valence-electron chi connectivity index (χ3n) is 3.42. The molecule has 1 heterocycles. The number of carbonyl (C=O) groups is 2. The normalized spacial score (nSPS) is 13.8. The van der Waals surface area contributed by atoms with Gasteiger partial charge in [0.25, 0.3) is 5.91 Å². The third-order valence-corrected chi connectivity index (χ3v) is 4.65. The smallest absolute Gasteiger partial charge is 0.325 e. The summed E-state index contributed by atoms with van der Waals surface area (Å²) in [4.78, 5) is 27.3. The van der Waals surface area contributed by atoms with Gasteiger partial charge in [-0.1, -0.05) is 0 Å². The molecule has 0 saturated heterocycles. The van der Waals surface area contributed by atoms with Crippen molar-refractivity contribution in [3.8, 4) is 0 Å². The molecule has 1 aromatic rings. The molecule has 0 unspecified atom stereocenters. The van der Waals surface area contributed by atoms with E-state index in [2.05, 4.69) is 4.74 Å². The van der Waals surface area contributed by atoms with Gasteiger partial charge in [0.2, 0.25) is 0 Å². The van der Waals surface area contributed by atoms with Crippen molar-refractivity contribution in [2.45, 2.75) is 32.6 Å². The predicted molar refractivity (Wildman–Crippen MR) is 74.6 cm³/mol. The lowest BCUT2D eigenvalue weighted by molar-refractivity contribution is -0.141. The first-order chi connectivity index (χ1) is 9.15. The number of thiophene rings is 1. The summed E-state index contributed by atoms with van der Waals surface area (Å²) >= 11 is 1.58. The molecule has 0 radical (unpaired) electrons. The van der Waals surface area contributed by atoms with Crippen LogP contribution >= 0.6 is 11.3 Å². The van der Waals surface area contributed by atoms with E-state index in [0.717, 1.165) is 17.7 Å². The molecule has 0 aromatic carbocycles. The Morgan fingerprint density at radius 3 is 2.74 bits per heavy atom. The fraction of sp³-hybridized carbons (Fsp3) is 0.571. The van der Waals surface area contributed by atoms with Crippen molar-refractivity contribution >= 4 is 23.2 Å². The summed E-state index contributed by atoms with van der Waals surface area (Å²) in [5, 5.41) is 0. The second kappa shape index (κ2) is 6.19. The van der Waals surface area contributed by atoms with Crippen molar-refractivity contribution in [3.63, 3.8) is 0 Å². The van der Waals surface area contributed by atoms with Crippen molar-refractivity contribution in [2.75, 3.05) is 20.2 Å². The van der Waals surface area contributed by atoms with Gasteiger partial charge in [0.1, 0.15) is 6.54 Å². The summed E-state index contributed by atoms with van der Waals surface area (Å²) in [5.41, 5.74) is 1.31. The minimum Gasteiger partial charge on any atom is -0.468 e. The van der Waals surface area contributed by atoms with E-state index in [-0.39, 0.29) is 18.4 Å². The van der Waals surface area contributed by atoms with Gasteiger partial charge in [-0.15, -0.1) is 11.3 Å². The van der Waals surface area contributed by atoms with Gasteiger partial charge >= 0.3 is 5.97 Å². The van der Waals surface area contributed by atoms with Crippen LogP contribution in [0.15, 0.2) is 6.07 Å². The van der Waals surface area contributed by atoms with Gasteiger partial charge in [-0.05, 0) is 44.2 Å². The van der Waals surface area contributed by atoms with E-state index in [9.17, 15) is 9.59 Å². The first-order valence-corrected chi connectivity index (χ1v) is 7.45.